The first-order valence-corrected chi connectivity index (χ1v) is 12.4. The second-order valence-corrected chi connectivity index (χ2v) is 11.4. The molecule has 0 saturated heterocycles. The number of tetrazole rings is 1. The monoisotopic (exact) mass is 416 g/mol. The lowest BCUT2D eigenvalue weighted by molar-refractivity contribution is -0.124. The number of methoxy groups -OCH3 is 1. The van der Waals surface area contributed by atoms with Crippen LogP contribution in [0.5, 0.6) is 0 Å². The van der Waals surface area contributed by atoms with Gasteiger partial charge in [0, 0.05) is 7.11 Å². The van der Waals surface area contributed by atoms with Crippen molar-refractivity contribution in [2.24, 2.45) is 40.9 Å². The van der Waals surface area contributed by atoms with E-state index in [1.807, 2.05) is 6.92 Å². The second kappa shape index (κ2) is 7.84. The summed E-state index contributed by atoms with van der Waals surface area (Å²) < 4.78 is 5.34. The van der Waals surface area contributed by atoms with E-state index in [0.29, 0.717) is 17.9 Å². The van der Waals surface area contributed by atoms with Gasteiger partial charge in [-0.3, -0.25) is 0 Å². The van der Waals surface area contributed by atoms with Crippen LogP contribution >= 0.6 is 0 Å². The summed E-state index contributed by atoms with van der Waals surface area (Å²) in [6.07, 6.45) is 12.6. The van der Waals surface area contributed by atoms with Crippen LogP contribution in [0.1, 0.15) is 77.0 Å². The number of rotatable bonds is 5. The molecule has 168 valence electrons. The van der Waals surface area contributed by atoms with E-state index < -0.39 is 5.60 Å². The lowest BCUT2D eigenvalue weighted by Gasteiger charge is -2.57. The summed E-state index contributed by atoms with van der Waals surface area (Å²) in [5, 5.41) is 23.6. The molecule has 5 rings (SSSR count). The lowest BCUT2D eigenvalue weighted by Crippen LogP contribution is -2.51. The van der Waals surface area contributed by atoms with Gasteiger partial charge < -0.3 is 9.84 Å². The van der Waals surface area contributed by atoms with Crippen molar-refractivity contribution < 1.29 is 9.84 Å². The Kier molecular flexibility index (Phi) is 5.46. The Bertz CT molecular complexity index is 753. The SMILES string of the molecule is COC[C@@]1(O)CC[C@H]2[C@@H](CC[C@@H]3[C@@H]2CC[C@]2(C)[C@@H](CCn4nnc(C)n4)CC[C@@H]32)C1. The van der Waals surface area contributed by atoms with Crippen LogP contribution in [0.3, 0.4) is 0 Å². The Morgan fingerprint density at radius 3 is 2.67 bits per heavy atom. The summed E-state index contributed by atoms with van der Waals surface area (Å²) in [5.74, 6) is 5.82. The number of aliphatic hydroxyl groups is 1. The maximum Gasteiger partial charge on any atom is 0.171 e. The van der Waals surface area contributed by atoms with Gasteiger partial charge in [-0.15, -0.1) is 10.2 Å². The molecule has 30 heavy (non-hydrogen) atoms. The van der Waals surface area contributed by atoms with E-state index in [9.17, 15) is 5.11 Å². The standard InChI is InChI=1S/C24H40N4O2/c1-16-25-27-28(26-16)13-10-18-5-7-22-21-6-4-17-14-24(29,15-30-3)12-9-19(17)20(21)8-11-23(18,22)2/h17-22,29H,4-15H2,1-3H3/t17-,18+,19-,20+,21+,22-,23+,24+/m0/s1. The molecule has 0 aliphatic heterocycles. The van der Waals surface area contributed by atoms with E-state index >= 15 is 0 Å². The van der Waals surface area contributed by atoms with Crippen molar-refractivity contribution in [1.82, 2.24) is 20.2 Å². The smallest absolute Gasteiger partial charge is 0.171 e. The van der Waals surface area contributed by atoms with Gasteiger partial charge in [-0.2, -0.15) is 4.80 Å². The second-order valence-electron chi connectivity index (χ2n) is 11.4. The molecule has 1 aromatic heterocycles. The molecule has 0 aromatic carbocycles. The fourth-order valence-corrected chi connectivity index (χ4v) is 8.63. The minimum atomic E-state index is -0.571. The molecule has 0 radical (unpaired) electrons. The van der Waals surface area contributed by atoms with Gasteiger partial charge in [-0.25, -0.2) is 0 Å². The average Bonchev–Trinajstić information content (AvgIpc) is 3.28. The van der Waals surface area contributed by atoms with E-state index in [0.717, 1.165) is 54.8 Å². The fraction of sp³-hybridized carbons (Fsp3) is 0.958. The van der Waals surface area contributed by atoms with Crippen molar-refractivity contribution in [2.75, 3.05) is 13.7 Å². The Hall–Kier alpha value is -1.01. The Labute approximate surface area is 181 Å². The molecule has 1 aromatic rings. The quantitative estimate of drug-likeness (QED) is 0.785. The maximum atomic E-state index is 10.9. The summed E-state index contributed by atoms with van der Waals surface area (Å²) >= 11 is 0. The van der Waals surface area contributed by atoms with Crippen molar-refractivity contribution in [1.29, 1.82) is 0 Å². The molecule has 1 heterocycles. The molecular formula is C24H40N4O2. The Morgan fingerprint density at radius 1 is 1.07 bits per heavy atom. The molecule has 6 nitrogen and oxygen atoms in total. The van der Waals surface area contributed by atoms with Gasteiger partial charge in [0.15, 0.2) is 5.82 Å². The van der Waals surface area contributed by atoms with E-state index in [-0.39, 0.29) is 0 Å². The summed E-state index contributed by atoms with van der Waals surface area (Å²) in [6, 6.07) is 0. The largest absolute Gasteiger partial charge is 0.387 e. The van der Waals surface area contributed by atoms with Gasteiger partial charge in [0.05, 0.1) is 18.8 Å². The third-order valence-electron chi connectivity index (χ3n) is 9.94. The van der Waals surface area contributed by atoms with Crippen LogP contribution < -0.4 is 0 Å². The molecule has 4 aliphatic carbocycles. The van der Waals surface area contributed by atoms with Crippen LogP contribution in [-0.4, -0.2) is 44.6 Å². The van der Waals surface area contributed by atoms with Crippen molar-refractivity contribution >= 4 is 0 Å². The molecule has 1 N–H and O–H groups in total. The molecule has 0 bridgehead atoms. The van der Waals surface area contributed by atoms with Gasteiger partial charge in [-0.1, -0.05) is 6.92 Å². The number of hydrogen-bond acceptors (Lipinski definition) is 5. The first kappa shape index (κ1) is 20.9. The summed E-state index contributed by atoms with van der Waals surface area (Å²) in [7, 11) is 1.72. The molecule has 6 heteroatoms. The highest BCUT2D eigenvalue weighted by molar-refractivity contribution is 5.07. The molecular weight excluding hydrogens is 376 g/mol. The van der Waals surface area contributed by atoms with Crippen LogP contribution in [0.25, 0.3) is 0 Å². The van der Waals surface area contributed by atoms with Crippen molar-refractivity contribution in [3.8, 4) is 0 Å². The van der Waals surface area contributed by atoms with Gasteiger partial charge in [0.2, 0.25) is 0 Å². The maximum absolute atomic E-state index is 10.9. The van der Waals surface area contributed by atoms with Crippen LogP contribution in [0, 0.1) is 47.8 Å². The first-order chi connectivity index (χ1) is 14.4. The van der Waals surface area contributed by atoms with E-state index in [1.165, 1.54) is 51.4 Å². The zero-order chi connectivity index (χ0) is 20.9. The van der Waals surface area contributed by atoms with Crippen molar-refractivity contribution in [2.45, 2.75) is 90.2 Å². The number of ether oxygens (including phenoxy) is 1. The zero-order valence-electron chi connectivity index (χ0n) is 19.1. The van der Waals surface area contributed by atoms with Crippen LogP contribution in [-0.2, 0) is 11.3 Å². The number of nitrogens with zero attached hydrogens (tertiary/aromatic N) is 4. The third kappa shape index (κ3) is 3.52. The van der Waals surface area contributed by atoms with Crippen molar-refractivity contribution in [3.05, 3.63) is 5.82 Å². The summed E-state index contributed by atoms with van der Waals surface area (Å²) in [6.45, 7) is 5.93. The predicted octanol–water partition coefficient (Wildman–Crippen LogP) is 4.02. The van der Waals surface area contributed by atoms with Gasteiger partial charge in [0.25, 0.3) is 0 Å². The molecule has 4 saturated carbocycles. The topological polar surface area (TPSA) is 73.1 Å². The molecule has 4 fully saturated rings. The Balaban J connectivity index is 1.25. The number of aromatic nitrogens is 4. The minimum absolute atomic E-state index is 0.495. The summed E-state index contributed by atoms with van der Waals surface area (Å²) in [5.41, 5.74) is -0.0762. The third-order valence-corrected chi connectivity index (χ3v) is 9.94. The zero-order valence-corrected chi connectivity index (χ0v) is 19.1. The molecule has 4 aliphatic rings. The molecule has 0 unspecified atom stereocenters. The molecule has 0 amide bonds. The number of fused-ring (bicyclic) bond motifs is 5. The fourth-order valence-electron chi connectivity index (χ4n) is 8.63. The lowest BCUT2D eigenvalue weighted by atomic mass is 9.49. The van der Waals surface area contributed by atoms with E-state index in [2.05, 4.69) is 22.3 Å². The number of hydrogen-bond donors (Lipinski definition) is 1. The molecule has 0 spiro atoms. The Morgan fingerprint density at radius 2 is 1.90 bits per heavy atom. The highest BCUT2D eigenvalue weighted by Gasteiger charge is 2.57. The normalized spacial score (nSPS) is 45.6. The van der Waals surface area contributed by atoms with Crippen LogP contribution in [0.15, 0.2) is 0 Å². The van der Waals surface area contributed by atoms with Gasteiger partial charge in [0.1, 0.15) is 0 Å². The van der Waals surface area contributed by atoms with E-state index in [1.54, 1.807) is 11.9 Å². The molecule has 8 atom stereocenters. The highest BCUT2D eigenvalue weighted by Crippen LogP contribution is 2.65. The highest BCUT2D eigenvalue weighted by atomic mass is 16.5. The van der Waals surface area contributed by atoms with Crippen LogP contribution in [0.2, 0.25) is 0 Å². The summed E-state index contributed by atoms with van der Waals surface area (Å²) in [4.78, 5) is 1.80. The average molecular weight is 417 g/mol. The van der Waals surface area contributed by atoms with Gasteiger partial charge in [-0.05, 0) is 117 Å². The number of aryl methyl sites for hydroxylation is 2. The first-order valence-electron chi connectivity index (χ1n) is 12.4. The minimum Gasteiger partial charge on any atom is -0.387 e. The van der Waals surface area contributed by atoms with Gasteiger partial charge >= 0.3 is 0 Å². The predicted molar refractivity (Wildman–Crippen MR) is 115 cm³/mol. The van der Waals surface area contributed by atoms with Crippen molar-refractivity contribution in [3.63, 3.8) is 0 Å². The van der Waals surface area contributed by atoms with E-state index in [4.69, 9.17) is 4.74 Å². The van der Waals surface area contributed by atoms with Crippen LogP contribution in [0.4, 0.5) is 0 Å².